The van der Waals surface area contributed by atoms with Crippen molar-refractivity contribution in [1.82, 2.24) is 0 Å². The number of hydrogen-bond donors (Lipinski definition) is 2. The lowest BCUT2D eigenvalue weighted by Crippen LogP contribution is -2.47. The Balaban J connectivity index is 1.86. The number of nitrogens with one attached hydrogen (secondary N) is 1. The molecule has 4 heteroatoms. The van der Waals surface area contributed by atoms with Crippen molar-refractivity contribution in [2.45, 2.75) is 24.8 Å². The van der Waals surface area contributed by atoms with E-state index in [0.29, 0.717) is 5.02 Å². The molecule has 0 amide bonds. The van der Waals surface area contributed by atoms with Crippen LogP contribution in [0.2, 0.25) is 5.02 Å². The highest BCUT2D eigenvalue weighted by Crippen LogP contribution is 2.33. The average molecular weight is 367 g/mol. The number of hydrogen-bond acceptors (Lipinski definition) is 2. The highest BCUT2D eigenvalue weighted by molar-refractivity contribution is 9.10. The van der Waals surface area contributed by atoms with Gasteiger partial charge in [-0.05, 0) is 64.5 Å². The monoisotopic (exact) mass is 365 g/mol. The molecule has 1 aliphatic rings. The molecule has 2 nitrogen and oxygen atoms in total. The first-order valence-corrected chi connectivity index (χ1v) is 8.20. The van der Waals surface area contributed by atoms with Crippen LogP contribution in [0.5, 0.6) is 0 Å². The molecule has 2 N–H and O–H groups in total. The number of aryl methyl sites for hydroxylation is 1. The van der Waals surface area contributed by atoms with Gasteiger partial charge in [0, 0.05) is 10.2 Å². The van der Waals surface area contributed by atoms with Crippen LogP contribution < -0.4 is 5.32 Å². The number of aliphatic hydroxyl groups is 1. The molecule has 2 aromatic carbocycles. The van der Waals surface area contributed by atoms with Gasteiger partial charge in [-0.3, -0.25) is 0 Å². The van der Waals surface area contributed by atoms with Crippen LogP contribution in [-0.2, 0) is 12.8 Å². The Kier molecular flexibility index (Phi) is 4.25. The van der Waals surface area contributed by atoms with Gasteiger partial charge in [0.1, 0.15) is 0 Å². The van der Waals surface area contributed by atoms with Gasteiger partial charge in [0.15, 0.2) is 0 Å². The van der Waals surface area contributed by atoms with Crippen molar-refractivity contribution in [3.05, 3.63) is 63.1 Å². The van der Waals surface area contributed by atoms with E-state index in [1.807, 2.05) is 18.2 Å². The third-order valence-electron chi connectivity index (χ3n) is 4.15. The summed E-state index contributed by atoms with van der Waals surface area (Å²) < 4.78 is 0.860. The fraction of sp³-hybridized carbons (Fsp3) is 0.294. The van der Waals surface area contributed by atoms with E-state index in [-0.39, 0.29) is 12.1 Å². The van der Waals surface area contributed by atoms with Crippen molar-refractivity contribution < 1.29 is 5.11 Å². The third kappa shape index (κ3) is 3.10. The maximum atomic E-state index is 9.95. The summed E-state index contributed by atoms with van der Waals surface area (Å²) in [5.41, 5.74) is 3.38. The number of fused-ring (bicyclic) bond motifs is 1. The molecular weight excluding hydrogens is 350 g/mol. The van der Waals surface area contributed by atoms with Crippen LogP contribution in [0.25, 0.3) is 0 Å². The molecule has 21 heavy (non-hydrogen) atoms. The minimum absolute atomic E-state index is 0.113. The summed E-state index contributed by atoms with van der Waals surface area (Å²) in [4.78, 5) is 0. The van der Waals surface area contributed by atoms with E-state index < -0.39 is 0 Å². The first-order valence-electron chi connectivity index (χ1n) is 7.03. The molecule has 2 aromatic rings. The zero-order valence-corrected chi connectivity index (χ0v) is 13.9. The van der Waals surface area contributed by atoms with Crippen LogP contribution in [0.15, 0.2) is 46.9 Å². The van der Waals surface area contributed by atoms with E-state index in [0.717, 1.165) is 29.4 Å². The van der Waals surface area contributed by atoms with Crippen molar-refractivity contribution in [3.8, 4) is 0 Å². The zero-order valence-electron chi connectivity index (χ0n) is 11.6. The van der Waals surface area contributed by atoms with Crippen molar-refractivity contribution >= 4 is 33.2 Å². The number of halogens is 2. The van der Waals surface area contributed by atoms with Crippen LogP contribution >= 0.6 is 27.5 Å². The highest BCUT2D eigenvalue weighted by Gasteiger charge is 2.33. The second-order valence-corrected chi connectivity index (χ2v) is 6.90. The average Bonchev–Trinajstić information content (AvgIpc) is 2.51. The maximum absolute atomic E-state index is 9.95. The third-order valence-corrected chi connectivity index (χ3v) is 5.37. The lowest BCUT2D eigenvalue weighted by molar-refractivity contribution is 0.196. The Labute approximate surface area is 138 Å². The Morgan fingerprint density at radius 1 is 1.19 bits per heavy atom. The smallest absolute Gasteiger partial charge is 0.0664 e. The van der Waals surface area contributed by atoms with Crippen molar-refractivity contribution in [2.75, 3.05) is 11.9 Å². The molecule has 110 valence electrons. The van der Waals surface area contributed by atoms with Gasteiger partial charge in [-0.2, -0.15) is 0 Å². The van der Waals surface area contributed by atoms with Crippen LogP contribution in [0.1, 0.15) is 17.5 Å². The van der Waals surface area contributed by atoms with E-state index in [2.05, 4.69) is 45.5 Å². The number of aliphatic hydroxyl groups excluding tert-OH is 1. The van der Waals surface area contributed by atoms with E-state index in [9.17, 15) is 5.11 Å². The first-order chi connectivity index (χ1) is 10.1. The lowest BCUT2D eigenvalue weighted by atomic mass is 9.78. The Bertz CT molecular complexity index is 661. The van der Waals surface area contributed by atoms with Gasteiger partial charge in [-0.15, -0.1) is 0 Å². The summed E-state index contributed by atoms with van der Waals surface area (Å²) in [7, 11) is 0. The molecule has 0 saturated carbocycles. The molecule has 0 spiro atoms. The topological polar surface area (TPSA) is 32.3 Å². The summed E-state index contributed by atoms with van der Waals surface area (Å²) in [5, 5.41) is 14.2. The SMILES string of the molecule is OCC1(Nc2ccc(Cl)c(Br)c2)CCc2ccccc2C1. The van der Waals surface area contributed by atoms with E-state index >= 15 is 0 Å². The second-order valence-electron chi connectivity index (χ2n) is 5.64. The summed E-state index contributed by atoms with van der Waals surface area (Å²) in [6, 6.07) is 14.2. The molecule has 1 unspecified atom stereocenters. The molecule has 0 aromatic heterocycles. The van der Waals surface area contributed by atoms with Gasteiger partial charge in [0.2, 0.25) is 0 Å². The Hall–Kier alpha value is -1.03. The maximum Gasteiger partial charge on any atom is 0.0664 e. The molecule has 3 rings (SSSR count). The molecule has 0 saturated heterocycles. The second kappa shape index (κ2) is 5.99. The lowest BCUT2D eigenvalue weighted by Gasteiger charge is -2.38. The van der Waals surface area contributed by atoms with Gasteiger partial charge in [-0.25, -0.2) is 0 Å². The number of benzene rings is 2. The summed E-state index contributed by atoms with van der Waals surface area (Å²) >= 11 is 9.48. The largest absolute Gasteiger partial charge is 0.394 e. The first kappa shape index (κ1) is 14.9. The Morgan fingerprint density at radius 2 is 1.95 bits per heavy atom. The predicted molar refractivity (Wildman–Crippen MR) is 91.1 cm³/mol. The minimum Gasteiger partial charge on any atom is -0.394 e. The summed E-state index contributed by atoms with van der Waals surface area (Å²) in [6.07, 6.45) is 2.74. The predicted octanol–water partition coefficient (Wildman–Crippen LogP) is 4.43. The summed E-state index contributed by atoms with van der Waals surface area (Å²) in [6.45, 7) is 0.113. The normalized spacial score (nSPS) is 20.9. The molecule has 0 bridgehead atoms. The molecule has 1 atom stereocenters. The Morgan fingerprint density at radius 3 is 2.67 bits per heavy atom. The van der Waals surface area contributed by atoms with Crippen molar-refractivity contribution in [2.24, 2.45) is 0 Å². The molecule has 0 fully saturated rings. The van der Waals surface area contributed by atoms with E-state index in [4.69, 9.17) is 11.6 Å². The minimum atomic E-state index is -0.304. The van der Waals surface area contributed by atoms with Gasteiger partial charge in [-0.1, -0.05) is 35.9 Å². The van der Waals surface area contributed by atoms with E-state index in [1.165, 1.54) is 11.1 Å². The molecule has 0 heterocycles. The van der Waals surface area contributed by atoms with Gasteiger partial charge >= 0.3 is 0 Å². The fourth-order valence-electron chi connectivity index (χ4n) is 2.96. The standard InChI is InChI=1S/C17H17BrClNO/c18-15-9-14(5-6-16(15)19)20-17(11-21)8-7-12-3-1-2-4-13(12)10-17/h1-6,9,20-21H,7-8,10-11H2. The fourth-order valence-corrected chi connectivity index (χ4v) is 3.46. The molecule has 0 radical (unpaired) electrons. The number of rotatable bonds is 3. The highest BCUT2D eigenvalue weighted by atomic mass is 79.9. The molecule has 1 aliphatic carbocycles. The van der Waals surface area contributed by atoms with Gasteiger partial charge in [0.05, 0.1) is 17.2 Å². The van der Waals surface area contributed by atoms with Gasteiger partial charge < -0.3 is 10.4 Å². The molecular formula is C17H17BrClNO. The van der Waals surface area contributed by atoms with Crippen molar-refractivity contribution in [3.63, 3.8) is 0 Å². The van der Waals surface area contributed by atoms with E-state index in [1.54, 1.807) is 0 Å². The zero-order chi connectivity index (χ0) is 14.9. The van der Waals surface area contributed by atoms with Crippen molar-refractivity contribution in [1.29, 1.82) is 0 Å². The van der Waals surface area contributed by atoms with Crippen LogP contribution in [0.4, 0.5) is 5.69 Å². The summed E-state index contributed by atoms with van der Waals surface area (Å²) in [5.74, 6) is 0. The molecule has 0 aliphatic heterocycles. The quantitative estimate of drug-likeness (QED) is 0.842. The van der Waals surface area contributed by atoms with Gasteiger partial charge in [0.25, 0.3) is 0 Å². The van der Waals surface area contributed by atoms with Crippen LogP contribution in [0, 0.1) is 0 Å². The number of anilines is 1. The van der Waals surface area contributed by atoms with Crippen LogP contribution in [0.3, 0.4) is 0 Å². The van der Waals surface area contributed by atoms with Crippen LogP contribution in [-0.4, -0.2) is 17.3 Å².